The molecule has 0 atom stereocenters. The molecular formula is C17H19N5O2S. The number of carbonyl (C=O) groups is 1. The molecule has 0 spiro atoms. The van der Waals surface area contributed by atoms with Crippen molar-refractivity contribution in [2.75, 3.05) is 11.6 Å². The number of imidazole rings is 1. The van der Waals surface area contributed by atoms with E-state index in [-0.39, 0.29) is 0 Å². The highest BCUT2D eigenvalue weighted by Crippen LogP contribution is 2.22. The van der Waals surface area contributed by atoms with Crippen molar-refractivity contribution in [3.8, 4) is 5.82 Å². The van der Waals surface area contributed by atoms with E-state index in [0.717, 1.165) is 16.9 Å². The number of hydrogen-bond donors (Lipinski definition) is 1. The van der Waals surface area contributed by atoms with Crippen molar-refractivity contribution in [1.29, 1.82) is 0 Å². The van der Waals surface area contributed by atoms with Crippen LogP contribution in [-0.4, -0.2) is 37.5 Å². The standard InChI is InChI=1S/C17H19N5O2S/c1-17(2,3)24-16(23)20-11-5-6-13-12(9-11)19-10-22(13)14-7-8-18-15(21-14)25-4/h5-10H,1-4H3,(H,20,23). The van der Waals surface area contributed by atoms with Gasteiger partial charge in [0.2, 0.25) is 0 Å². The van der Waals surface area contributed by atoms with Crippen LogP contribution in [0.3, 0.4) is 0 Å². The van der Waals surface area contributed by atoms with Crippen molar-refractivity contribution >= 4 is 34.6 Å². The molecule has 0 bridgehead atoms. The smallest absolute Gasteiger partial charge is 0.412 e. The fourth-order valence-corrected chi connectivity index (χ4v) is 2.61. The van der Waals surface area contributed by atoms with E-state index in [1.54, 1.807) is 24.7 Å². The molecule has 0 aliphatic heterocycles. The minimum absolute atomic E-state index is 0.494. The van der Waals surface area contributed by atoms with Crippen LogP contribution in [-0.2, 0) is 4.74 Å². The van der Waals surface area contributed by atoms with Crippen molar-refractivity contribution in [1.82, 2.24) is 19.5 Å². The van der Waals surface area contributed by atoms with Crippen molar-refractivity contribution in [3.05, 3.63) is 36.8 Å². The van der Waals surface area contributed by atoms with Gasteiger partial charge in [-0.15, -0.1) is 0 Å². The fourth-order valence-electron chi connectivity index (χ4n) is 2.26. The van der Waals surface area contributed by atoms with E-state index in [0.29, 0.717) is 10.8 Å². The number of fused-ring (bicyclic) bond motifs is 1. The van der Waals surface area contributed by atoms with E-state index in [9.17, 15) is 4.79 Å². The number of carbonyl (C=O) groups excluding carboxylic acids is 1. The number of benzene rings is 1. The molecule has 8 heteroatoms. The molecule has 1 N–H and O–H groups in total. The van der Waals surface area contributed by atoms with Crippen LogP contribution in [0.2, 0.25) is 0 Å². The van der Waals surface area contributed by atoms with Gasteiger partial charge in [-0.05, 0) is 51.3 Å². The van der Waals surface area contributed by atoms with E-state index in [2.05, 4.69) is 20.3 Å². The average molecular weight is 357 g/mol. The highest BCUT2D eigenvalue weighted by molar-refractivity contribution is 7.98. The maximum atomic E-state index is 11.9. The van der Waals surface area contributed by atoms with Crippen LogP contribution >= 0.6 is 11.8 Å². The molecule has 0 aliphatic carbocycles. The number of ether oxygens (including phenoxy) is 1. The molecular weight excluding hydrogens is 338 g/mol. The SMILES string of the molecule is CSc1nccc(-n2cnc3cc(NC(=O)OC(C)(C)C)ccc32)n1. The summed E-state index contributed by atoms with van der Waals surface area (Å²) in [6.07, 6.45) is 4.86. The van der Waals surface area contributed by atoms with Gasteiger partial charge in [0.25, 0.3) is 0 Å². The largest absolute Gasteiger partial charge is 0.444 e. The van der Waals surface area contributed by atoms with Crippen LogP contribution in [0, 0.1) is 0 Å². The van der Waals surface area contributed by atoms with Crippen LogP contribution in [0.15, 0.2) is 41.9 Å². The number of amides is 1. The van der Waals surface area contributed by atoms with Crippen molar-refractivity contribution in [3.63, 3.8) is 0 Å². The van der Waals surface area contributed by atoms with Gasteiger partial charge in [-0.3, -0.25) is 9.88 Å². The first kappa shape index (κ1) is 17.2. The van der Waals surface area contributed by atoms with Gasteiger partial charge in [0.1, 0.15) is 17.7 Å². The lowest BCUT2D eigenvalue weighted by molar-refractivity contribution is 0.0636. The van der Waals surface area contributed by atoms with E-state index >= 15 is 0 Å². The fraction of sp³-hybridized carbons (Fsp3) is 0.294. The molecule has 3 rings (SSSR count). The van der Waals surface area contributed by atoms with E-state index < -0.39 is 11.7 Å². The van der Waals surface area contributed by atoms with E-state index in [4.69, 9.17) is 4.74 Å². The van der Waals surface area contributed by atoms with Gasteiger partial charge in [-0.1, -0.05) is 11.8 Å². The van der Waals surface area contributed by atoms with Crippen molar-refractivity contribution < 1.29 is 9.53 Å². The van der Waals surface area contributed by atoms with Gasteiger partial charge in [0.05, 0.1) is 11.0 Å². The van der Waals surface area contributed by atoms with Gasteiger partial charge in [0.15, 0.2) is 5.16 Å². The number of hydrogen-bond acceptors (Lipinski definition) is 6. The predicted molar refractivity (Wildman–Crippen MR) is 98.3 cm³/mol. The number of nitrogens with one attached hydrogen (secondary N) is 1. The second kappa shape index (κ2) is 6.72. The third kappa shape index (κ3) is 4.08. The second-order valence-electron chi connectivity index (χ2n) is 6.35. The molecule has 7 nitrogen and oxygen atoms in total. The lowest BCUT2D eigenvalue weighted by atomic mass is 10.2. The van der Waals surface area contributed by atoms with Crippen molar-refractivity contribution in [2.24, 2.45) is 0 Å². The molecule has 0 aliphatic rings. The first-order chi connectivity index (χ1) is 11.9. The zero-order valence-electron chi connectivity index (χ0n) is 14.5. The summed E-state index contributed by atoms with van der Waals surface area (Å²) in [7, 11) is 0. The number of rotatable bonds is 3. The molecule has 0 radical (unpaired) electrons. The molecule has 0 fully saturated rings. The first-order valence-electron chi connectivity index (χ1n) is 7.70. The van der Waals surface area contributed by atoms with Gasteiger partial charge >= 0.3 is 6.09 Å². The third-order valence-corrected chi connectivity index (χ3v) is 3.80. The average Bonchev–Trinajstić information content (AvgIpc) is 2.96. The summed E-state index contributed by atoms with van der Waals surface area (Å²) in [5.74, 6) is 0.745. The Balaban J connectivity index is 1.87. The Labute approximate surface area is 149 Å². The number of thioether (sulfide) groups is 1. The molecule has 0 saturated carbocycles. The summed E-state index contributed by atoms with van der Waals surface area (Å²) in [5, 5.41) is 3.42. The topological polar surface area (TPSA) is 81.9 Å². The third-order valence-electron chi connectivity index (χ3n) is 3.24. The van der Waals surface area contributed by atoms with Gasteiger partial charge < -0.3 is 4.74 Å². The van der Waals surface area contributed by atoms with Gasteiger partial charge in [-0.2, -0.15) is 0 Å². The zero-order chi connectivity index (χ0) is 18.0. The molecule has 0 saturated heterocycles. The lowest BCUT2D eigenvalue weighted by Gasteiger charge is -2.19. The molecule has 130 valence electrons. The van der Waals surface area contributed by atoms with E-state index in [1.807, 2.05) is 43.7 Å². The molecule has 1 aromatic carbocycles. The minimum atomic E-state index is -0.544. The van der Waals surface area contributed by atoms with Gasteiger partial charge in [0, 0.05) is 11.9 Å². The van der Waals surface area contributed by atoms with Crippen molar-refractivity contribution in [2.45, 2.75) is 31.5 Å². The van der Waals surface area contributed by atoms with Crippen LogP contribution in [0.25, 0.3) is 16.9 Å². The van der Waals surface area contributed by atoms with Crippen LogP contribution in [0.1, 0.15) is 20.8 Å². The Morgan fingerprint density at radius 3 is 2.76 bits per heavy atom. The minimum Gasteiger partial charge on any atom is -0.444 e. The summed E-state index contributed by atoms with van der Waals surface area (Å²) in [6.45, 7) is 5.46. The summed E-state index contributed by atoms with van der Waals surface area (Å²) in [5.41, 5.74) is 1.72. The maximum absolute atomic E-state index is 11.9. The maximum Gasteiger partial charge on any atom is 0.412 e. The van der Waals surface area contributed by atoms with E-state index in [1.165, 1.54) is 11.8 Å². The predicted octanol–water partition coefficient (Wildman–Crippen LogP) is 3.88. The van der Waals surface area contributed by atoms with Crippen LogP contribution in [0.5, 0.6) is 0 Å². The summed E-state index contributed by atoms with van der Waals surface area (Å²) >= 11 is 1.48. The molecule has 2 aromatic heterocycles. The molecule has 1 amide bonds. The Hall–Kier alpha value is -2.61. The second-order valence-corrected chi connectivity index (χ2v) is 7.12. The number of nitrogens with zero attached hydrogens (tertiary/aromatic N) is 4. The number of anilines is 1. The molecule has 0 unspecified atom stereocenters. The highest BCUT2D eigenvalue weighted by Gasteiger charge is 2.16. The molecule has 2 heterocycles. The summed E-state index contributed by atoms with van der Waals surface area (Å²) in [6, 6.07) is 7.32. The van der Waals surface area contributed by atoms with Gasteiger partial charge in [-0.25, -0.2) is 19.7 Å². The Morgan fingerprint density at radius 2 is 2.04 bits per heavy atom. The quantitative estimate of drug-likeness (QED) is 0.566. The van der Waals surface area contributed by atoms with Crippen LogP contribution < -0.4 is 5.32 Å². The Kier molecular flexibility index (Phi) is 4.63. The highest BCUT2D eigenvalue weighted by atomic mass is 32.2. The Bertz CT molecular complexity index is 917. The molecule has 3 aromatic rings. The zero-order valence-corrected chi connectivity index (χ0v) is 15.3. The lowest BCUT2D eigenvalue weighted by Crippen LogP contribution is -2.27. The normalized spacial score (nSPS) is 11.5. The summed E-state index contributed by atoms with van der Waals surface area (Å²) in [4.78, 5) is 24.9. The first-order valence-corrected chi connectivity index (χ1v) is 8.93. The summed E-state index contributed by atoms with van der Waals surface area (Å²) < 4.78 is 7.14. The van der Waals surface area contributed by atoms with Crippen LogP contribution in [0.4, 0.5) is 10.5 Å². The Morgan fingerprint density at radius 1 is 1.24 bits per heavy atom. The monoisotopic (exact) mass is 357 g/mol. The molecule has 25 heavy (non-hydrogen) atoms. The number of aromatic nitrogens is 4.